The van der Waals surface area contributed by atoms with Gasteiger partial charge in [-0.3, -0.25) is 0 Å². The van der Waals surface area contributed by atoms with Crippen molar-refractivity contribution in [2.45, 2.75) is 39.3 Å². The van der Waals surface area contributed by atoms with Gasteiger partial charge in [-0.15, -0.1) is 0 Å². The van der Waals surface area contributed by atoms with Gasteiger partial charge in [-0.25, -0.2) is 0 Å². The van der Waals surface area contributed by atoms with E-state index < -0.39 is 17.1 Å². The molecule has 0 aliphatic carbocycles. The van der Waals surface area contributed by atoms with E-state index in [-0.39, 0.29) is 6.54 Å². The van der Waals surface area contributed by atoms with Gasteiger partial charge in [0.05, 0.1) is 4.99 Å². The largest absolute Gasteiger partial charge is 0.399 e. The van der Waals surface area contributed by atoms with E-state index in [2.05, 4.69) is 26.1 Å². The molecule has 0 amide bonds. The lowest BCUT2D eigenvalue weighted by Gasteiger charge is -2.27. The van der Waals surface area contributed by atoms with Crippen LogP contribution in [0.15, 0.2) is 0 Å². The summed E-state index contributed by atoms with van der Waals surface area (Å²) in [4.78, 5) is 1.41. The average Bonchev–Trinajstić information content (AvgIpc) is 2.48. The first-order valence-electron chi connectivity index (χ1n) is 6.80. The molecule has 2 N–H and O–H groups in total. The van der Waals surface area contributed by atoms with E-state index in [1.54, 1.807) is 0 Å². The first-order valence-corrected chi connectivity index (χ1v) is 7.21. The fourth-order valence-electron chi connectivity index (χ4n) is 2.64. The number of nitrogens with two attached hydrogens (primary N) is 1. The van der Waals surface area contributed by atoms with E-state index in [1.165, 1.54) is 0 Å². The maximum atomic E-state index is 12.8. The summed E-state index contributed by atoms with van der Waals surface area (Å²) in [5.74, 6) is -0.480. The van der Waals surface area contributed by atoms with Crippen LogP contribution in [-0.2, 0) is 0 Å². The van der Waals surface area contributed by atoms with Crippen LogP contribution in [0, 0.1) is 17.8 Å². The number of halogens is 3. The maximum absolute atomic E-state index is 12.8. The van der Waals surface area contributed by atoms with Crippen LogP contribution in [0.5, 0.6) is 0 Å². The topological polar surface area (TPSA) is 29.3 Å². The second kappa shape index (κ2) is 6.88. The van der Waals surface area contributed by atoms with Crippen molar-refractivity contribution in [2.75, 3.05) is 19.6 Å². The van der Waals surface area contributed by atoms with Gasteiger partial charge >= 0.3 is 6.18 Å². The Morgan fingerprint density at radius 2 is 1.95 bits per heavy atom. The maximum Gasteiger partial charge on any atom is 0.399 e. The number of nitrogens with zero attached hydrogens (tertiary/aromatic N) is 1. The van der Waals surface area contributed by atoms with Crippen molar-refractivity contribution >= 4 is 17.2 Å². The highest BCUT2D eigenvalue weighted by Crippen LogP contribution is 2.29. The molecule has 2 nitrogen and oxygen atoms in total. The quantitative estimate of drug-likeness (QED) is 0.808. The number of rotatable bonds is 4. The molecule has 1 heterocycles. The van der Waals surface area contributed by atoms with Crippen LogP contribution in [0.1, 0.15) is 33.1 Å². The smallest absolute Gasteiger partial charge is 0.393 e. The third kappa shape index (κ3) is 5.26. The molecule has 0 aromatic carbocycles. The predicted molar refractivity (Wildman–Crippen MR) is 74.9 cm³/mol. The number of likely N-dealkylation sites (tertiary alicyclic amines) is 1. The summed E-state index contributed by atoms with van der Waals surface area (Å²) in [6.07, 6.45) is -1.34. The van der Waals surface area contributed by atoms with E-state index in [1.807, 2.05) is 4.90 Å². The van der Waals surface area contributed by atoms with E-state index >= 15 is 0 Å². The second-order valence-corrected chi connectivity index (χ2v) is 6.20. The molecule has 19 heavy (non-hydrogen) atoms. The third-order valence-corrected chi connectivity index (χ3v) is 4.27. The van der Waals surface area contributed by atoms with E-state index in [0.717, 1.165) is 19.3 Å². The van der Waals surface area contributed by atoms with Crippen LogP contribution in [0.2, 0.25) is 0 Å². The first kappa shape index (κ1) is 16.7. The Bertz CT molecular complexity index is 305. The van der Waals surface area contributed by atoms with Crippen LogP contribution >= 0.6 is 12.2 Å². The van der Waals surface area contributed by atoms with Gasteiger partial charge in [-0.05, 0) is 44.2 Å². The molecule has 1 rings (SSSR count). The van der Waals surface area contributed by atoms with Gasteiger partial charge in [0, 0.05) is 6.54 Å². The molecule has 2 unspecified atom stereocenters. The van der Waals surface area contributed by atoms with Crippen molar-refractivity contribution in [2.24, 2.45) is 23.5 Å². The normalized spacial score (nSPS) is 24.2. The summed E-state index contributed by atoms with van der Waals surface area (Å²) in [5.41, 5.74) is 5.24. The van der Waals surface area contributed by atoms with Gasteiger partial charge in [-0.1, -0.05) is 26.1 Å². The minimum Gasteiger partial charge on any atom is -0.393 e. The van der Waals surface area contributed by atoms with E-state index in [4.69, 9.17) is 5.73 Å². The summed E-state index contributed by atoms with van der Waals surface area (Å²) < 4.78 is 38.5. The number of hydrogen-bond acceptors (Lipinski definition) is 2. The van der Waals surface area contributed by atoms with Crippen LogP contribution in [0.4, 0.5) is 13.2 Å². The SMILES string of the molecule is CC(C)C1CCCN(CC(C(N)=S)C(F)(F)F)CC1. The molecular formula is C13H23F3N2S. The zero-order chi connectivity index (χ0) is 14.6. The summed E-state index contributed by atoms with van der Waals surface area (Å²) in [6.45, 7) is 5.67. The van der Waals surface area contributed by atoms with Gasteiger partial charge in [0.25, 0.3) is 0 Å². The highest BCUT2D eigenvalue weighted by atomic mass is 32.1. The molecule has 1 aliphatic rings. The zero-order valence-electron chi connectivity index (χ0n) is 11.5. The van der Waals surface area contributed by atoms with E-state index in [9.17, 15) is 13.2 Å². The first-order chi connectivity index (χ1) is 8.71. The van der Waals surface area contributed by atoms with Crippen molar-refractivity contribution in [3.63, 3.8) is 0 Å². The Kier molecular flexibility index (Phi) is 6.05. The molecule has 1 aliphatic heterocycles. The molecular weight excluding hydrogens is 273 g/mol. The minimum atomic E-state index is -4.34. The summed E-state index contributed by atoms with van der Waals surface area (Å²) >= 11 is 4.56. The molecule has 6 heteroatoms. The standard InChI is InChI=1S/C13H23F3N2S/c1-9(2)10-4-3-6-18(7-5-10)8-11(12(17)19)13(14,15)16/h9-11H,3-8H2,1-2H3,(H2,17,19). The molecule has 2 atom stereocenters. The van der Waals surface area contributed by atoms with Crippen LogP contribution in [0.3, 0.4) is 0 Å². The molecule has 1 fully saturated rings. The summed E-state index contributed by atoms with van der Waals surface area (Å²) in [7, 11) is 0. The molecule has 0 spiro atoms. The van der Waals surface area contributed by atoms with Crippen molar-refractivity contribution in [3.05, 3.63) is 0 Å². The Morgan fingerprint density at radius 1 is 1.32 bits per heavy atom. The van der Waals surface area contributed by atoms with Crippen molar-refractivity contribution in [1.82, 2.24) is 4.90 Å². The van der Waals surface area contributed by atoms with Crippen molar-refractivity contribution < 1.29 is 13.2 Å². The molecule has 112 valence electrons. The van der Waals surface area contributed by atoms with E-state index in [0.29, 0.717) is 24.9 Å². The highest BCUT2D eigenvalue weighted by Gasteiger charge is 2.42. The minimum absolute atomic E-state index is 0.0936. The second-order valence-electron chi connectivity index (χ2n) is 5.73. The number of alkyl halides is 3. The van der Waals surface area contributed by atoms with Gasteiger partial charge in [0.2, 0.25) is 0 Å². The van der Waals surface area contributed by atoms with Crippen molar-refractivity contribution in [3.8, 4) is 0 Å². The summed E-state index contributed by atoms with van der Waals surface area (Å²) in [6, 6.07) is 0. The average molecular weight is 296 g/mol. The molecule has 1 saturated heterocycles. The lowest BCUT2D eigenvalue weighted by molar-refractivity contribution is -0.159. The zero-order valence-corrected chi connectivity index (χ0v) is 12.4. The summed E-state index contributed by atoms with van der Waals surface area (Å²) in [5, 5.41) is 0. The van der Waals surface area contributed by atoms with Gasteiger partial charge in [-0.2, -0.15) is 13.2 Å². The fraction of sp³-hybridized carbons (Fsp3) is 0.923. The molecule has 0 aromatic heterocycles. The van der Waals surface area contributed by atoms with Crippen molar-refractivity contribution in [1.29, 1.82) is 0 Å². The van der Waals surface area contributed by atoms with Crippen LogP contribution in [0.25, 0.3) is 0 Å². The lowest BCUT2D eigenvalue weighted by Crippen LogP contribution is -2.43. The highest BCUT2D eigenvalue weighted by molar-refractivity contribution is 7.80. The molecule has 0 radical (unpaired) electrons. The fourth-order valence-corrected chi connectivity index (χ4v) is 2.85. The number of hydrogen-bond donors (Lipinski definition) is 1. The number of thiocarbonyl (C=S) groups is 1. The van der Waals surface area contributed by atoms with Gasteiger partial charge < -0.3 is 10.6 Å². The lowest BCUT2D eigenvalue weighted by atomic mass is 9.89. The van der Waals surface area contributed by atoms with Gasteiger partial charge in [0.1, 0.15) is 5.92 Å². The van der Waals surface area contributed by atoms with Gasteiger partial charge in [0.15, 0.2) is 0 Å². The Balaban J connectivity index is 2.59. The van der Waals surface area contributed by atoms with Crippen LogP contribution < -0.4 is 5.73 Å². The molecule has 0 saturated carbocycles. The third-order valence-electron chi connectivity index (χ3n) is 3.99. The Morgan fingerprint density at radius 3 is 2.42 bits per heavy atom. The Hall–Kier alpha value is -0.360. The predicted octanol–water partition coefficient (Wildman–Crippen LogP) is 3.21. The molecule has 0 aromatic rings. The monoisotopic (exact) mass is 296 g/mol. The van der Waals surface area contributed by atoms with Crippen LogP contribution in [-0.4, -0.2) is 35.7 Å². The Labute approximate surface area is 118 Å². The molecule has 0 bridgehead atoms.